The Balaban J connectivity index is 2.35. The second-order valence-corrected chi connectivity index (χ2v) is 4.07. The Bertz CT molecular complexity index is 549. The van der Waals surface area contributed by atoms with Crippen LogP contribution in [0, 0.1) is 6.92 Å². The lowest BCUT2D eigenvalue weighted by Gasteiger charge is -2.08. The van der Waals surface area contributed by atoms with Crippen LogP contribution in [0.2, 0.25) is 0 Å². The summed E-state index contributed by atoms with van der Waals surface area (Å²) in [7, 11) is 0. The molecule has 0 saturated carbocycles. The number of para-hydroxylation sites is 1. The van der Waals surface area contributed by atoms with Crippen molar-refractivity contribution in [3.8, 4) is 0 Å². The molecule has 0 radical (unpaired) electrons. The van der Waals surface area contributed by atoms with E-state index in [1.807, 2.05) is 44.2 Å². The molecule has 3 heteroatoms. The summed E-state index contributed by atoms with van der Waals surface area (Å²) in [5.74, 6) is 0.0727. The van der Waals surface area contributed by atoms with Crippen LogP contribution in [0.15, 0.2) is 30.3 Å². The number of nitrogens with zero attached hydrogens (tertiary/aromatic N) is 1. The summed E-state index contributed by atoms with van der Waals surface area (Å²) in [6.45, 7) is 4.39. The fourth-order valence-electron chi connectivity index (χ4n) is 1.86. The van der Waals surface area contributed by atoms with Crippen molar-refractivity contribution in [1.82, 2.24) is 10.3 Å². The van der Waals surface area contributed by atoms with Gasteiger partial charge in [-0.15, -0.1) is 0 Å². The molecule has 0 spiro atoms. The molecule has 0 fully saturated rings. The highest BCUT2D eigenvalue weighted by atomic mass is 16.1. The summed E-state index contributed by atoms with van der Waals surface area (Å²) in [6.07, 6.45) is 0.516. The van der Waals surface area contributed by atoms with Gasteiger partial charge in [0.25, 0.3) is 0 Å². The number of fused-ring (bicyclic) bond motifs is 1. The molecule has 0 aliphatic heterocycles. The molecular weight excluding hydrogens is 212 g/mol. The molecule has 17 heavy (non-hydrogen) atoms. The first-order valence-electron chi connectivity index (χ1n) is 5.82. The van der Waals surface area contributed by atoms with Crippen LogP contribution in [0.4, 0.5) is 0 Å². The van der Waals surface area contributed by atoms with Gasteiger partial charge in [-0.2, -0.15) is 0 Å². The number of aromatic nitrogens is 1. The molecule has 0 saturated heterocycles. The summed E-state index contributed by atoms with van der Waals surface area (Å²) in [5, 5.41) is 4.01. The van der Waals surface area contributed by atoms with E-state index in [2.05, 4.69) is 10.3 Å². The Labute approximate surface area is 101 Å². The number of hydrogen-bond acceptors (Lipinski definition) is 2. The van der Waals surface area contributed by atoms with Crippen molar-refractivity contribution in [1.29, 1.82) is 0 Å². The third kappa shape index (κ3) is 2.61. The molecule has 3 nitrogen and oxygen atoms in total. The Hall–Kier alpha value is -1.90. The minimum Gasteiger partial charge on any atom is -0.352 e. The fraction of sp³-hybridized carbons (Fsp3) is 0.286. The molecule has 1 amide bonds. The van der Waals surface area contributed by atoms with E-state index in [0.29, 0.717) is 13.0 Å². The average molecular weight is 228 g/mol. The van der Waals surface area contributed by atoms with Gasteiger partial charge < -0.3 is 5.32 Å². The summed E-state index contributed by atoms with van der Waals surface area (Å²) < 4.78 is 0. The fourth-order valence-corrected chi connectivity index (χ4v) is 1.86. The maximum absolute atomic E-state index is 11.3. The molecule has 1 heterocycles. The zero-order valence-electron chi connectivity index (χ0n) is 10.2. The third-order valence-corrected chi connectivity index (χ3v) is 2.73. The van der Waals surface area contributed by atoms with E-state index in [0.717, 1.165) is 22.2 Å². The maximum Gasteiger partial charge on any atom is 0.219 e. The second kappa shape index (κ2) is 4.95. The molecule has 0 aliphatic rings. The summed E-state index contributed by atoms with van der Waals surface area (Å²) in [5.41, 5.74) is 3.08. The first-order valence-corrected chi connectivity index (χ1v) is 5.82. The highest BCUT2D eigenvalue weighted by Crippen LogP contribution is 2.17. The lowest BCUT2D eigenvalue weighted by molar-refractivity contribution is -0.120. The normalized spacial score (nSPS) is 10.5. The van der Waals surface area contributed by atoms with Crippen LogP contribution >= 0.6 is 0 Å². The second-order valence-electron chi connectivity index (χ2n) is 4.07. The number of amides is 1. The van der Waals surface area contributed by atoms with Crippen LogP contribution in [0.5, 0.6) is 0 Å². The van der Waals surface area contributed by atoms with Crippen molar-refractivity contribution in [2.24, 2.45) is 0 Å². The van der Waals surface area contributed by atoms with E-state index in [1.165, 1.54) is 0 Å². The monoisotopic (exact) mass is 228 g/mol. The molecule has 0 aliphatic carbocycles. The zero-order valence-corrected chi connectivity index (χ0v) is 10.2. The van der Waals surface area contributed by atoms with Crippen molar-refractivity contribution in [3.63, 3.8) is 0 Å². The van der Waals surface area contributed by atoms with Crippen LogP contribution in [-0.4, -0.2) is 10.9 Å². The lowest BCUT2D eigenvalue weighted by atomic mass is 10.1. The predicted octanol–water partition coefficient (Wildman–Crippen LogP) is 2.57. The minimum absolute atomic E-state index is 0.0727. The first-order chi connectivity index (χ1) is 8.20. The highest BCUT2D eigenvalue weighted by molar-refractivity contribution is 5.83. The van der Waals surface area contributed by atoms with Crippen molar-refractivity contribution >= 4 is 16.8 Å². The predicted molar refractivity (Wildman–Crippen MR) is 68.6 cm³/mol. The van der Waals surface area contributed by atoms with Crippen LogP contribution in [-0.2, 0) is 11.3 Å². The van der Waals surface area contributed by atoms with Crippen LogP contribution < -0.4 is 5.32 Å². The van der Waals surface area contributed by atoms with Gasteiger partial charge in [-0.05, 0) is 24.6 Å². The minimum atomic E-state index is 0.0727. The van der Waals surface area contributed by atoms with Gasteiger partial charge in [0.1, 0.15) is 0 Å². The van der Waals surface area contributed by atoms with Gasteiger partial charge in [0.05, 0.1) is 5.52 Å². The third-order valence-electron chi connectivity index (χ3n) is 2.73. The van der Waals surface area contributed by atoms with Crippen LogP contribution in [0.25, 0.3) is 10.9 Å². The largest absolute Gasteiger partial charge is 0.352 e. The SMILES string of the molecule is CCC(=O)NCc1cc(C)nc2ccccc12. The molecule has 0 unspecified atom stereocenters. The van der Waals surface area contributed by atoms with Crippen molar-refractivity contribution in [2.75, 3.05) is 0 Å². The van der Waals surface area contributed by atoms with Crippen LogP contribution in [0.1, 0.15) is 24.6 Å². The van der Waals surface area contributed by atoms with Gasteiger partial charge in [-0.25, -0.2) is 0 Å². The molecular formula is C14H16N2O. The summed E-state index contributed by atoms with van der Waals surface area (Å²) >= 11 is 0. The Morgan fingerprint density at radius 1 is 1.35 bits per heavy atom. The van der Waals surface area contributed by atoms with Gasteiger partial charge in [-0.3, -0.25) is 9.78 Å². The highest BCUT2D eigenvalue weighted by Gasteiger charge is 2.04. The number of benzene rings is 1. The standard InChI is InChI=1S/C14H16N2O/c1-3-14(17)15-9-11-8-10(2)16-13-7-5-4-6-12(11)13/h4-8H,3,9H2,1-2H3,(H,15,17). The van der Waals surface area contributed by atoms with E-state index < -0.39 is 0 Å². The van der Waals surface area contributed by atoms with Gasteiger partial charge in [0.2, 0.25) is 5.91 Å². The van der Waals surface area contributed by atoms with E-state index >= 15 is 0 Å². The first kappa shape index (κ1) is 11.6. The van der Waals surface area contributed by atoms with E-state index in [1.54, 1.807) is 0 Å². The molecule has 1 N–H and O–H groups in total. The van der Waals surface area contributed by atoms with E-state index in [4.69, 9.17) is 0 Å². The Morgan fingerprint density at radius 2 is 2.12 bits per heavy atom. The molecule has 0 bridgehead atoms. The quantitative estimate of drug-likeness (QED) is 0.877. The van der Waals surface area contributed by atoms with Gasteiger partial charge in [0.15, 0.2) is 0 Å². The number of rotatable bonds is 3. The maximum atomic E-state index is 11.3. The van der Waals surface area contributed by atoms with Crippen molar-refractivity contribution in [3.05, 3.63) is 41.6 Å². The molecule has 2 rings (SSSR count). The summed E-state index contributed by atoms with van der Waals surface area (Å²) in [4.78, 5) is 15.8. The topological polar surface area (TPSA) is 42.0 Å². The number of pyridine rings is 1. The van der Waals surface area contributed by atoms with E-state index in [-0.39, 0.29) is 5.91 Å². The van der Waals surface area contributed by atoms with Crippen LogP contribution in [0.3, 0.4) is 0 Å². The van der Waals surface area contributed by atoms with Crippen molar-refractivity contribution in [2.45, 2.75) is 26.8 Å². The van der Waals surface area contributed by atoms with Gasteiger partial charge >= 0.3 is 0 Å². The number of aryl methyl sites for hydroxylation is 1. The Morgan fingerprint density at radius 3 is 2.88 bits per heavy atom. The van der Waals surface area contributed by atoms with Crippen molar-refractivity contribution < 1.29 is 4.79 Å². The zero-order chi connectivity index (χ0) is 12.3. The lowest BCUT2D eigenvalue weighted by Crippen LogP contribution is -2.21. The molecule has 1 aromatic heterocycles. The molecule has 1 aromatic carbocycles. The number of hydrogen-bond donors (Lipinski definition) is 1. The average Bonchev–Trinajstić information content (AvgIpc) is 2.35. The number of nitrogens with one attached hydrogen (secondary N) is 1. The van der Waals surface area contributed by atoms with Gasteiger partial charge in [-0.1, -0.05) is 25.1 Å². The smallest absolute Gasteiger partial charge is 0.219 e. The summed E-state index contributed by atoms with van der Waals surface area (Å²) in [6, 6.07) is 10.0. The molecule has 2 aromatic rings. The molecule has 88 valence electrons. The number of carbonyl (C=O) groups excluding carboxylic acids is 1. The van der Waals surface area contributed by atoms with Gasteiger partial charge in [0, 0.05) is 24.0 Å². The number of carbonyl (C=O) groups is 1. The Kier molecular flexibility index (Phi) is 3.38. The molecule has 0 atom stereocenters. The van der Waals surface area contributed by atoms with E-state index in [9.17, 15) is 4.79 Å².